The van der Waals surface area contributed by atoms with Gasteiger partial charge in [0.05, 0.1) is 0 Å². The lowest BCUT2D eigenvalue weighted by Gasteiger charge is -2.17. The molecule has 0 aromatic heterocycles. The fraction of sp³-hybridized carbons (Fsp3) is 0.364. The molecule has 1 fully saturated rings. The standard InChI is InChI=1S/C11H11F3N2O4S/c12-11(13,14)20-8-3-1-2-7(4-8)16-6-9(5-10(16)17)21(15,18)19/h1-4,9H,5-6H2,(H2,15,18,19). The molecule has 2 N–H and O–H groups in total. The molecule has 1 heterocycles. The fourth-order valence-corrected chi connectivity index (χ4v) is 2.72. The number of amides is 1. The van der Waals surface area contributed by atoms with Gasteiger partial charge in [-0.3, -0.25) is 4.79 Å². The first-order chi connectivity index (χ1) is 9.56. The van der Waals surface area contributed by atoms with E-state index in [0.717, 1.165) is 17.0 Å². The fourth-order valence-electron chi connectivity index (χ4n) is 1.99. The Hall–Kier alpha value is -1.81. The number of primary sulfonamides is 1. The van der Waals surface area contributed by atoms with E-state index in [0.29, 0.717) is 0 Å². The second-order valence-electron chi connectivity index (χ2n) is 4.46. The van der Waals surface area contributed by atoms with E-state index in [2.05, 4.69) is 4.74 Å². The van der Waals surface area contributed by atoms with Gasteiger partial charge in [-0.05, 0) is 12.1 Å². The molecule has 0 radical (unpaired) electrons. The Kier molecular flexibility index (Phi) is 3.85. The van der Waals surface area contributed by atoms with E-state index < -0.39 is 33.3 Å². The van der Waals surface area contributed by atoms with Crippen LogP contribution in [0.4, 0.5) is 18.9 Å². The minimum absolute atomic E-state index is 0.118. The molecule has 21 heavy (non-hydrogen) atoms. The molecule has 0 saturated carbocycles. The molecule has 1 unspecified atom stereocenters. The minimum atomic E-state index is -4.85. The average molecular weight is 324 g/mol. The van der Waals surface area contributed by atoms with Gasteiger partial charge in [-0.2, -0.15) is 0 Å². The number of rotatable bonds is 3. The number of carbonyl (C=O) groups is 1. The zero-order chi connectivity index (χ0) is 15.8. The summed E-state index contributed by atoms with van der Waals surface area (Å²) < 4.78 is 62.7. The molecule has 0 aliphatic carbocycles. The van der Waals surface area contributed by atoms with E-state index in [1.165, 1.54) is 12.1 Å². The molecule has 116 valence electrons. The normalized spacial score (nSPS) is 19.9. The Morgan fingerprint density at radius 3 is 2.52 bits per heavy atom. The number of alkyl halides is 3. The summed E-state index contributed by atoms with van der Waals surface area (Å²) in [6.45, 7) is -0.201. The lowest BCUT2D eigenvalue weighted by Crippen LogP contribution is -2.32. The van der Waals surface area contributed by atoms with Crippen LogP contribution in [-0.2, 0) is 14.8 Å². The maximum atomic E-state index is 12.1. The van der Waals surface area contributed by atoms with Crippen molar-refractivity contribution in [1.29, 1.82) is 0 Å². The van der Waals surface area contributed by atoms with E-state index in [9.17, 15) is 26.4 Å². The molecule has 1 atom stereocenters. The number of nitrogens with zero attached hydrogens (tertiary/aromatic N) is 1. The van der Waals surface area contributed by atoms with E-state index >= 15 is 0 Å². The molecule has 1 saturated heterocycles. The van der Waals surface area contributed by atoms with Crippen molar-refractivity contribution in [2.75, 3.05) is 11.4 Å². The van der Waals surface area contributed by atoms with Gasteiger partial charge in [0.25, 0.3) is 0 Å². The number of anilines is 1. The number of nitrogens with two attached hydrogens (primary N) is 1. The van der Waals surface area contributed by atoms with Crippen LogP contribution in [0, 0.1) is 0 Å². The largest absolute Gasteiger partial charge is 0.573 e. The number of benzene rings is 1. The third-order valence-corrected chi connectivity index (χ3v) is 4.16. The molecule has 1 aliphatic heterocycles. The maximum absolute atomic E-state index is 12.1. The Balaban J connectivity index is 2.23. The SMILES string of the molecule is NS(=O)(=O)C1CC(=O)N(c2cccc(OC(F)(F)F)c2)C1. The lowest BCUT2D eigenvalue weighted by molar-refractivity contribution is -0.274. The molecular weight excluding hydrogens is 313 g/mol. The van der Waals surface area contributed by atoms with Crippen molar-refractivity contribution < 1.29 is 31.1 Å². The van der Waals surface area contributed by atoms with Crippen LogP contribution in [0.15, 0.2) is 24.3 Å². The predicted molar refractivity (Wildman–Crippen MR) is 67.0 cm³/mol. The first-order valence-electron chi connectivity index (χ1n) is 5.74. The van der Waals surface area contributed by atoms with Gasteiger partial charge < -0.3 is 9.64 Å². The Morgan fingerprint density at radius 2 is 2.00 bits per heavy atom. The van der Waals surface area contributed by atoms with Gasteiger partial charge in [0.2, 0.25) is 15.9 Å². The first-order valence-corrected chi connectivity index (χ1v) is 7.35. The molecule has 10 heteroatoms. The van der Waals surface area contributed by atoms with Crippen molar-refractivity contribution in [3.8, 4) is 5.75 Å². The van der Waals surface area contributed by atoms with Crippen molar-refractivity contribution in [2.45, 2.75) is 18.0 Å². The highest BCUT2D eigenvalue weighted by Crippen LogP contribution is 2.29. The average Bonchev–Trinajstić information content (AvgIpc) is 2.69. The number of halogens is 3. The highest BCUT2D eigenvalue weighted by Gasteiger charge is 2.37. The molecular formula is C11H11F3N2O4S. The molecule has 1 aliphatic rings. The summed E-state index contributed by atoms with van der Waals surface area (Å²) >= 11 is 0. The van der Waals surface area contributed by atoms with Gasteiger partial charge in [-0.15, -0.1) is 13.2 Å². The third kappa shape index (κ3) is 3.85. The van der Waals surface area contributed by atoms with Crippen molar-refractivity contribution in [3.63, 3.8) is 0 Å². The van der Waals surface area contributed by atoms with Crippen LogP contribution in [0.2, 0.25) is 0 Å². The predicted octanol–water partition coefficient (Wildman–Crippen LogP) is 0.979. The molecule has 0 spiro atoms. The topological polar surface area (TPSA) is 89.7 Å². The summed E-state index contributed by atoms with van der Waals surface area (Å²) in [5.41, 5.74) is 0.118. The summed E-state index contributed by atoms with van der Waals surface area (Å²) in [6.07, 6.45) is -5.15. The highest BCUT2D eigenvalue weighted by molar-refractivity contribution is 7.89. The van der Waals surface area contributed by atoms with Crippen LogP contribution in [0.5, 0.6) is 5.75 Å². The van der Waals surface area contributed by atoms with Gasteiger partial charge in [-0.1, -0.05) is 6.07 Å². The quantitative estimate of drug-likeness (QED) is 0.897. The van der Waals surface area contributed by atoms with Crippen molar-refractivity contribution in [3.05, 3.63) is 24.3 Å². The van der Waals surface area contributed by atoms with Crippen LogP contribution in [0.3, 0.4) is 0 Å². The van der Waals surface area contributed by atoms with Crippen LogP contribution >= 0.6 is 0 Å². The number of hydrogen-bond donors (Lipinski definition) is 1. The summed E-state index contributed by atoms with van der Waals surface area (Å²) in [7, 11) is -3.89. The van der Waals surface area contributed by atoms with Gasteiger partial charge >= 0.3 is 6.36 Å². The van der Waals surface area contributed by atoms with Crippen molar-refractivity contribution in [2.24, 2.45) is 5.14 Å². The van der Waals surface area contributed by atoms with E-state index in [1.54, 1.807) is 0 Å². The number of sulfonamides is 1. The van der Waals surface area contributed by atoms with Gasteiger partial charge in [0.15, 0.2) is 0 Å². The number of carbonyl (C=O) groups excluding carboxylic acids is 1. The van der Waals surface area contributed by atoms with Crippen molar-refractivity contribution in [1.82, 2.24) is 0 Å². The second-order valence-corrected chi connectivity index (χ2v) is 6.31. The molecule has 1 aromatic rings. The summed E-state index contributed by atoms with van der Waals surface area (Å²) in [4.78, 5) is 12.8. The zero-order valence-corrected chi connectivity index (χ0v) is 11.3. The highest BCUT2D eigenvalue weighted by atomic mass is 32.2. The van der Waals surface area contributed by atoms with Crippen LogP contribution in [0.1, 0.15) is 6.42 Å². The Bertz CT molecular complexity index is 660. The molecule has 2 rings (SSSR count). The minimum Gasteiger partial charge on any atom is -0.406 e. The molecule has 6 nitrogen and oxygen atoms in total. The van der Waals surface area contributed by atoms with E-state index in [1.807, 2.05) is 0 Å². The van der Waals surface area contributed by atoms with Gasteiger partial charge in [0, 0.05) is 24.7 Å². The van der Waals surface area contributed by atoms with E-state index in [4.69, 9.17) is 5.14 Å². The Morgan fingerprint density at radius 1 is 1.33 bits per heavy atom. The Labute approximate surface area is 118 Å². The van der Waals surface area contributed by atoms with Crippen LogP contribution in [0.25, 0.3) is 0 Å². The summed E-state index contributed by atoms with van der Waals surface area (Å²) in [6, 6.07) is 4.74. The third-order valence-electron chi connectivity index (χ3n) is 2.92. The van der Waals surface area contributed by atoms with Crippen molar-refractivity contribution >= 4 is 21.6 Å². The second kappa shape index (κ2) is 5.19. The smallest absolute Gasteiger partial charge is 0.406 e. The first kappa shape index (κ1) is 15.6. The van der Waals surface area contributed by atoms with Crippen LogP contribution in [-0.4, -0.2) is 32.5 Å². The molecule has 1 aromatic carbocycles. The number of ether oxygens (including phenoxy) is 1. The molecule has 1 amide bonds. The van der Waals surface area contributed by atoms with E-state index in [-0.39, 0.29) is 18.7 Å². The van der Waals surface area contributed by atoms with Gasteiger partial charge in [0.1, 0.15) is 11.0 Å². The summed E-state index contributed by atoms with van der Waals surface area (Å²) in [5, 5.41) is 3.90. The summed E-state index contributed by atoms with van der Waals surface area (Å²) in [5.74, 6) is -1.02. The zero-order valence-electron chi connectivity index (χ0n) is 10.5. The maximum Gasteiger partial charge on any atom is 0.573 e. The molecule has 0 bridgehead atoms. The van der Waals surface area contributed by atoms with Gasteiger partial charge in [-0.25, -0.2) is 13.6 Å². The number of hydrogen-bond acceptors (Lipinski definition) is 4. The lowest BCUT2D eigenvalue weighted by atomic mass is 10.3. The van der Waals surface area contributed by atoms with Crippen LogP contribution < -0.4 is 14.8 Å². The monoisotopic (exact) mass is 324 g/mol.